The van der Waals surface area contributed by atoms with Crippen LogP contribution in [0.4, 0.5) is 5.69 Å². The summed E-state index contributed by atoms with van der Waals surface area (Å²) in [5.74, 6) is 0.0298. The first-order valence-corrected chi connectivity index (χ1v) is 8.60. The first-order chi connectivity index (χ1) is 10.9. The SMILES string of the molecule is CC(=O)N(CCC(=O)N1CCCCC1)c1c(C)cc(C)cc1Cl. The molecule has 5 heteroatoms. The van der Waals surface area contributed by atoms with Gasteiger partial charge in [0.25, 0.3) is 0 Å². The van der Waals surface area contributed by atoms with Crippen LogP contribution >= 0.6 is 11.6 Å². The van der Waals surface area contributed by atoms with Crippen molar-refractivity contribution in [3.63, 3.8) is 0 Å². The molecule has 23 heavy (non-hydrogen) atoms. The van der Waals surface area contributed by atoms with Gasteiger partial charge in [0.2, 0.25) is 11.8 Å². The van der Waals surface area contributed by atoms with Crippen molar-refractivity contribution in [1.82, 2.24) is 4.90 Å². The molecule has 0 bridgehead atoms. The van der Waals surface area contributed by atoms with Gasteiger partial charge in [-0.1, -0.05) is 17.7 Å². The van der Waals surface area contributed by atoms with E-state index in [1.165, 1.54) is 13.3 Å². The molecule has 126 valence electrons. The van der Waals surface area contributed by atoms with Gasteiger partial charge in [0.1, 0.15) is 0 Å². The Hall–Kier alpha value is -1.55. The van der Waals surface area contributed by atoms with Gasteiger partial charge >= 0.3 is 0 Å². The van der Waals surface area contributed by atoms with Crippen LogP contribution < -0.4 is 4.90 Å². The standard InChI is InChI=1S/C18H25ClN2O2/c1-13-11-14(2)18(16(19)12-13)21(15(3)22)10-7-17(23)20-8-5-4-6-9-20/h11-12H,4-10H2,1-3H3. The van der Waals surface area contributed by atoms with Crippen LogP contribution in [0.15, 0.2) is 12.1 Å². The molecule has 1 aliphatic heterocycles. The lowest BCUT2D eigenvalue weighted by molar-refractivity contribution is -0.131. The zero-order valence-electron chi connectivity index (χ0n) is 14.2. The molecular formula is C18H25ClN2O2. The van der Waals surface area contributed by atoms with Crippen molar-refractivity contribution < 1.29 is 9.59 Å². The van der Waals surface area contributed by atoms with E-state index in [9.17, 15) is 9.59 Å². The number of benzene rings is 1. The summed E-state index contributed by atoms with van der Waals surface area (Å²) in [5.41, 5.74) is 2.73. The number of carbonyl (C=O) groups excluding carboxylic acids is 2. The van der Waals surface area contributed by atoms with Gasteiger partial charge in [0.05, 0.1) is 10.7 Å². The molecule has 0 aromatic heterocycles. The molecule has 2 amide bonds. The summed E-state index contributed by atoms with van der Waals surface area (Å²) in [5, 5.41) is 0.558. The van der Waals surface area contributed by atoms with E-state index in [0.29, 0.717) is 18.0 Å². The van der Waals surface area contributed by atoms with Crippen LogP contribution in [0.1, 0.15) is 43.7 Å². The molecule has 0 radical (unpaired) electrons. The minimum absolute atomic E-state index is 0.0923. The van der Waals surface area contributed by atoms with E-state index in [2.05, 4.69) is 0 Å². The molecule has 0 unspecified atom stereocenters. The van der Waals surface area contributed by atoms with Gasteiger partial charge in [0.15, 0.2) is 0 Å². The molecule has 1 aliphatic rings. The molecule has 4 nitrogen and oxygen atoms in total. The van der Waals surface area contributed by atoms with Crippen molar-refractivity contribution in [1.29, 1.82) is 0 Å². The maximum absolute atomic E-state index is 12.3. The second-order valence-electron chi connectivity index (χ2n) is 6.27. The maximum Gasteiger partial charge on any atom is 0.224 e. The smallest absolute Gasteiger partial charge is 0.224 e. The molecule has 0 saturated carbocycles. The number of likely N-dealkylation sites (tertiary alicyclic amines) is 1. The Kier molecular flexibility index (Phi) is 6.05. The first kappa shape index (κ1) is 17.8. The van der Waals surface area contributed by atoms with E-state index in [1.807, 2.05) is 30.9 Å². The number of halogens is 1. The maximum atomic E-state index is 12.3. The number of aryl methyl sites for hydroxylation is 2. The zero-order valence-corrected chi connectivity index (χ0v) is 14.9. The van der Waals surface area contributed by atoms with Gasteiger partial charge in [-0.3, -0.25) is 9.59 Å². The molecule has 0 spiro atoms. The highest BCUT2D eigenvalue weighted by Gasteiger charge is 2.21. The van der Waals surface area contributed by atoms with Gasteiger partial charge in [-0.25, -0.2) is 0 Å². The number of piperidine rings is 1. The lowest BCUT2D eigenvalue weighted by atomic mass is 10.1. The number of nitrogens with zero attached hydrogens (tertiary/aromatic N) is 2. The molecule has 0 atom stereocenters. The molecule has 1 heterocycles. The minimum atomic E-state index is -0.0923. The van der Waals surface area contributed by atoms with E-state index < -0.39 is 0 Å². The minimum Gasteiger partial charge on any atom is -0.343 e. The molecule has 1 saturated heterocycles. The van der Waals surface area contributed by atoms with Gasteiger partial charge in [-0.2, -0.15) is 0 Å². The van der Waals surface area contributed by atoms with Crippen molar-refractivity contribution >= 4 is 29.1 Å². The van der Waals surface area contributed by atoms with Crippen LogP contribution in [0, 0.1) is 13.8 Å². The topological polar surface area (TPSA) is 40.6 Å². The first-order valence-electron chi connectivity index (χ1n) is 8.22. The lowest BCUT2D eigenvalue weighted by Crippen LogP contribution is -2.39. The normalized spacial score (nSPS) is 14.7. The molecule has 1 fully saturated rings. The molecule has 2 rings (SSSR count). The average molecular weight is 337 g/mol. The van der Waals surface area contributed by atoms with Crippen LogP contribution in [0.2, 0.25) is 5.02 Å². The largest absolute Gasteiger partial charge is 0.343 e. The predicted octanol–water partition coefficient (Wildman–Crippen LogP) is 3.71. The highest BCUT2D eigenvalue weighted by molar-refractivity contribution is 6.34. The fourth-order valence-corrected chi connectivity index (χ4v) is 3.61. The number of rotatable bonds is 4. The van der Waals surface area contributed by atoms with E-state index in [0.717, 1.165) is 42.7 Å². The Morgan fingerprint density at radius 1 is 1.17 bits per heavy atom. The summed E-state index contributed by atoms with van der Waals surface area (Å²) >= 11 is 6.35. The summed E-state index contributed by atoms with van der Waals surface area (Å²) in [7, 11) is 0. The van der Waals surface area contributed by atoms with Crippen LogP contribution in [-0.2, 0) is 9.59 Å². The molecule has 1 aromatic rings. The second kappa shape index (κ2) is 7.82. The van der Waals surface area contributed by atoms with Crippen molar-refractivity contribution in [2.45, 2.75) is 46.5 Å². The monoisotopic (exact) mass is 336 g/mol. The number of hydrogen-bond donors (Lipinski definition) is 0. The predicted molar refractivity (Wildman–Crippen MR) is 94.0 cm³/mol. The quantitative estimate of drug-likeness (QED) is 0.841. The van der Waals surface area contributed by atoms with Crippen LogP contribution in [0.25, 0.3) is 0 Å². The number of hydrogen-bond acceptors (Lipinski definition) is 2. The number of carbonyl (C=O) groups is 2. The lowest BCUT2D eigenvalue weighted by Gasteiger charge is -2.29. The number of amides is 2. The second-order valence-corrected chi connectivity index (χ2v) is 6.68. The Morgan fingerprint density at radius 3 is 2.39 bits per heavy atom. The average Bonchev–Trinajstić information content (AvgIpc) is 2.49. The van der Waals surface area contributed by atoms with Gasteiger partial charge in [-0.15, -0.1) is 0 Å². The van der Waals surface area contributed by atoms with E-state index >= 15 is 0 Å². The van der Waals surface area contributed by atoms with E-state index in [4.69, 9.17) is 11.6 Å². The molecule has 1 aromatic carbocycles. The Bertz CT molecular complexity index is 572. The van der Waals surface area contributed by atoms with Crippen molar-refractivity contribution in [3.8, 4) is 0 Å². The van der Waals surface area contributed by atoms with E-state index in [1.54, 1.807) is 4.90 Å². The zero-order chi connectivity index (χ0) is 17.0. The molecule has 0 N–H and O–H groups in total. The summed E-state index contributed by atoms with van der Waals surface area (Å²) in [6, 6.07) is 3.86. The van der Waals surface area contributed by atoms with Gasteiger partial charge < -0.3 is 9.80 Å². The van der Waals surface area contributed by atoms with Crippen molar-refractivity contribution in [3.05, 3.63) is 28.3 Å². The molecule has 0 aliphatic carbocycles. The molecular weight excluding hydrogens is 312 g/mol. The van der Waals surface area contributed by atoms with Gasteiger partial charge in [-0.05, 0) is 50.3 Å². The Morgan fingerprint density at radius 2 is 1.83 bits per heavy atom. The van der Waals surface area contributed by atoms with E-state index in [-0.39, 0.29) is 11.8 Å². The third-order valence-corrected chi connectivity index (χ3v) is 4.59. The van der Waals surface area contributed by atoms with Gasteiger partial charge in [0, 0.05) is 33.0 Å². The third-order valence-electron chi connectivity index (χ3n) is 4.31. The third kappa shape index (κ3) is 4.47. The highest BCUT2D eigenvalue weighted by Crippen LogP contribution is 2.31. The summed E-state index contributed by atoms with van der Waals surface area (Å²) < 4.78 is 0. The Labute approximate surface area is 143 Å². The summed E-state index contributed by atoms with van der Waals surface area (Å²) in [4.78, 5) is 27.9. The van der Waals surface area contributed by atoms with Crippen LogP contribution in [0.3, 0.4) is 0 Å². The summed E-state index contributed by atoms with van der Waals surface area (Å²) in [6.45, 7) is 7.47. The Balaban J connectivity index is 2.10. The number of anilines is 1. The van der Waals surface area contributed by atoms with Crippen molar-refractivity contribution in [2.24, 2.45) is 0 Å². The fourth-order valence-electron chi connectivity index (χ4n) is 3.19. The highest BCUT2D eigenvalue weighted by atomic mass is 35.5. The van der Waals surface area contributed by atoms with Crippen LogP contribution in [0.5, 0.6) is 0 Å². The van der Waals surface area contributed by atoms with Crippen LogP contribution in [-0.4, -0.2) is 36.3 Å². The summed E-state index contributed by atoms with van der Waals surface area (Å²) in [6.07, 6.45) is 3.68. The van der Waals surface area contributed by atoms with Crippen molar-refractivity contribution in [2.75, 3.05) is 24.5 Å². The fraction of sp³-hybridized carbons (Fsp3) is 0.556.